The maximum absolute atomic E-state index is 12.8. The third kappa shape index (κ3) is 3.47. The maximum Gasteiger partial charge on any atom is 0.226 e. The summed E-state index contributed by atoms with van der Waals surface area (Å²) >= 11 is 0. The smallest absolute Gasteiger partial charge is 0.226 e. The summed E-state index contributed by atoms with van der Waals surface area (Å²) < 4.78 is 0. The number of carbonyl (C=O) groups excluding carboxylic acids is 1. The lowest BCUT2D eigenvalue weighted by Gasteiger charge is -2.25. The molecule has 2 aromatic carbocycles. The summed E-state index contributed by atoms with van der Waals surface area (Å²) in [5.41, 5.74) is 2.55. The zero-order chi connectivity index (χ0) is 16.2. The van der Waals surface area contributed by atoms with E-state index < -0.39 is 0 Å². The molecule has 2 nitrogen and oxygen atoms in total. The molecule has 1 fully saturated rings. The summed E-state index contributed by atoms with van der Waals surface area (Å²) in [7, 11) is 0. The Morgan fingerprint density at radius 2 is 1.52 bits per heavy atom. The first-order valence-electron chi connectivity index (χ1n) is 8.57. The molecule has 0 spiro atoms. The van der Waals surface area contributed by atoms with Gasteiger partial charge in [-0.2, -0.15) is 0 Å². The Balaban J connectivity index is 1.65. The second-order valence-corrected chi connectivity index (χ2v) is 6.65. The van der Waals surface area contributed by atoms with Gasteiger partial charge in [0, 0.05) is 12.5 Å². The van der Waals surface area contributed by atoms with E-state index in [0.29, 0.717) is 11.8 Å². The topological polar surface area (TPSA) is 20.3 Å². The van der Waals surface area contributed by atoms with E-state index in [2.05, 4.69) is 55.1 Å². The van der Waals surface area contributed by atoms with Gasteiger partial charge in [0.05, 0.1) is 6.04 Å². The van der Waals surface area contributed by atoms with E-state index in [0.717, 1.165) is 19.4 Å². The van der Waals surface area contributed by atoms with Gasteiger partial charge in [0.2, 0.25) is 5.91 Å². The predicted octanol–water partition coefficient (Wildman–Crippen LogP) is 4.79. The largest absolute Gasteiger partial charge is 0.336 e. The van der Waals surface area contributed by atoms with Gasteiger partial charge in [-0.15, -0.1) is 0 Å². The highest BCUT2D eigenvalue weighted by molar-refractivity contribution is 5.81. The number of rotatable bonds is 5. The number of hydrogen-bond donors (Lipinski definition) is 0. The van der Waals surface area contributed by atoms with Crippen LogP contribution < -0.4 is 0 Å². The monoisotopic (exact) mass is 307 g/mol. The fraction of sp³-hybridized carbons (Fsp3) is 0.381. The summed E-state index contributed by atoms with van der Waals surface area (Å²) in [6.45, 7) is 5.24. The first-order chi connectivity index (χ1) is 11.2. The Morgan fingerprint density at radius 1 is 0.957 bits per heavy atom. The van der Waals surface area contributed by atoms with Crippen molar-refractivity contribution < 1.29 is 4.79 Å². The van der Waals surface area contributed by atoms with Crippen LogP contribution in [-0.4, -0.2) is 17.4 Å². The number of benzene rings is 2. The highest BCUT2D eigenvalue weighted by Gasteiger charge is 2.35. The van der Waals surface area contributed by atoms with Crippen LogP contribution in [0, 0.1) is 5.92 Å². The van der Waals surface area contributed by atoms with Crippen molar-refractivity contribution in [2.24, 2.45) is 5.92 Å². The molecule has 0 unspecified atom stereocenters. The third-order valence-electron chi connectivity index (χ3n) is 5.11. The van der Waals surface area contributed by atoms with Gasteiger partial charge < -0.3 is 4.90 Å². The first kappa shape index (κ1) is 15.8. The van der Waals surface area contributed by atoms with E-state index in [1.807, 2.05) is 24.3 Å². The third-order valence-corrected chi connectivity index (χ3v) is 5.11. The molecular formula is C21H25NO. The zero-order valence-electron chi connectivity index (χ0n) is 14.0. The average Bonchev–Trinajstić information content (AvgIpc) is 2.96. The van der Waals surface area contributed by atoms with Gasteiger partial charge in [-0.3, -0.25) is 4.79 Å². The number of carbonyl (C=O) groups is 1. The molecule has 0 radical (unpaired) electrons. The van der Waals surface area contributed by atoms with Crippen molar-refractivity contribution in [1.82, 2.24) is 4.90 Å². The molecule has 2 heteroatoms. The van der Waals surface area contributed by atoms with Gasteiger partial charge in [-0.25, -0.2) is 0 Å². The van der Waals surface area contributed by atoms with Crippen molar-refractivity contribution in [2.45, 2.75) is 38.6 Å². The fourth-order valence-electron chi connectivity index (χ4n) is 3.62. The van der Waals surface area contributed by atoms with E-state index in [1.165, 1.54) is 11.1 Å². The standard InChI is InChI=1S/C21H25NO/c1-16(18-9-5-3-6-10-18)15-20-13-14-22(21(20)23)17(2)19-11-7-4-8-12-19/h3-12,16-17,20H,13-15H2,1-2H3/t16-,17-,20-/m0/s1. The minimum Gasteiger partial charge on any atom is -0.336 e. The Hall–Kier alpha value is -2.09. The molecule has 1 aliphatic heterocycles. The average molecular weight is 307 g/mol. The maximum atomic E-state index is 12.8. The molecule has 0 N–H and O–H groups in total. The molecule has 1 aliphatic rings. The van der Waals surface area contributed by atoms with Crippen molar-refractivity contribution in [2.75, 3.05) is 6.54 Å². The van der Waals surface area contributed by atoms with Crippen LogP contribution >= 0.6 is 0 Å². The van der Waals surface area contributed by atoms with Gasteiger partial charge in [0.1, 0.15) is 0 Å². The summed E-state index contributed by atoms with van der Waals surface area (Å²) in [6, 6.07) is 21.0. The second-order valence-electron chi connectivity index (χ2n) is 6.65. The lowest BCUT2D eigenvalue weighted by Crippen LogP contribution is -2.30. The van der Waals surface area contributed by atoms with Crippen LogP contribution in [0.25, 0.3) is 0 Å². The highest BCUT2D eigenvalue weighted by Crippen LogP contribution is 2.34. The molecule has 3 rings (SSSR count). The molecule has 0 aromatic heterocycles. The minimum absolute atomic E-state index is 0.163. The Labute approximate surface area is 139 Å². The Morgan fingerprint density at radius 3 is 2.13 bits per heavy atom. The molecule has 2 aromatic rings. The van der Waals surface area contributed by atoms with Crippen LogP contribution in [0.3, 0.4) is 0 Å². The van der Waals surface area contributed by atoms with Crippen molar-refractivity contribution in [1.29, 1.82) is 0 Å². The van der Waals surface area contributed by atoms with Crippen molar-refractivity contribution >= 4 is 5.91 Å². The fourth-order valence-corrected chi connectivity index (χ4v) is 3.62. The summed E-state index contributed by atoms with van der Waals surface area (Å²) in [5.74, 6) is 0.914. The van der Waals surface area contributed by atoms with Crippen LogP contribution in [0.2, 0.25) is 0 Å². The number of amides is 1. The van der Waals surface area contributed by atoms with Gasteiger partial charge >= 0.3 is 0 Å². The Kier molecular flexibility index (Phi) is 4.80. The van der Waals surface area contributed by atoms with Gasteiger partial charge in [0.25, 0.3) is 0 Å². The number of nitrogens with zero attached hydrogens (tertiary/aromatic N) is 1. The van der Waals surface area contributed by atoms with Crippen LogP contribution in [0.15, 0.2) is 60.7 Å². The normalized spacial score (nSPS) is 20.5. The van der Waals surface area contributed by atoms with Crippen LogP contribution in [0.4, 0.5) is 0 Å². The molecule has 23 heavy (non-hydrogen) atoms. The number of likely N-dealkylation sites (tertiary alicyclic amines) is 1. The minimum atomic E-state index is 0.163. The first-order valence-corrected chi connectivity index (χ1v) is 8.57. The molecule has 3 atom stereocenters. The molecule has 120 valence electrons. The summed E-state index contributed by atoms with van der Waals surface area (Å²) in [5, 5.41) is 0. The van der Waals surface area contributed by atoms with E-state index in [1.54, 1.807) is 0 Å². The molecule has 1 amide bonds. The highest BCUT2D eigenvalue weighted by atomic mass is 16.2. The van der Waals surface area contributed by atoms with Crippen LogP contribution in [0.5, 0.6) is 0 Å². The van der Waals surface area contributed by atoms with E-state index in [-0.39, 0.29) is 12.0 Å². The van der Waals surface area contributed by atoms with E-state index >= 15 is 0 Å². The SMILES string of the molecule is C[C@@H](C[C@@H]1CCN([C@@H](C)c2ccccc2)C1=O)c1ccccc1. The van der Waals surface area contributed by atoms with Crippen LogP contribution in [-0.2, 0) is 4.79 Å². The molecule has 1 saturated heterocycles. The van der Waals surface area contributed by atoms with E-state index in [4.69, 9.17) is 0 Å². The molecule has 0 bridgehead atoms. The summed E-state index contributed by atoms with van der Waals surface area (Å²) in [4.78, 5) is 14.9. The Bertz CT molecular complexity index is 637. The van der Waals surface area contributed by atoms with Crippen molar-refractivity contribution in [3.05, 3.63) is 71.8 Å². The molecule has 1 heterocycles. The molecule has 0 saturated carbocycles. The zero-order valence-corrected chi connectivity index (χ0v) is 14.0. The van der Waals surface area contributed by atoms with Gasteiger partial charge in [-0.1, -0.05) is 67.6 Å². The quantitative estimate of drug-likeness (QED) is 0.777. The van der Waals surface area contributed by atoms with Gasteiger partial charge in [-0.05, 0) is 36.8 Å². The lowest BCUT2D eigenvalue weighted by molar-refractivity contribution is -0.133. The van der Waals surface area contributed by atoms with Crippen molar-refractivity contribution in [3.63, 3.8) is 0 Å². The van der Waals surface area contributed by atoms with Gasteiger partial charge in [0.15, 0.2) is 0 Å². The molecular weight excluding hydrogens is 282 g/mol. The van der Waals surface area contributed by atoms with Crippen molar-refractivity contribution in [3.8, 4) is 0 Å². The second kappa shape index (κ2) is 6.99. The predicted molar refractivity (Wildman–Crippen MR) is 94.2 cm³/mol. The number of hydrogen-bond acceptors (Lipinski definition) is 1. The lowest BCUT2D eigenvalue weighted by atomic mass is 9.89. The van der Waals surface area contributed by atoms with E-state index in [9.17, 15) is 4.79 Å². The summed E-state index contributed by atoms with van der Waals surface area (Å²) in [6.07, 6.45) is 1.92. The molecule has 0 aliphatic carbocycles. The van der Waals surface area contributed by atoms with Crippen LogP contribution in [0.1, 0.15) is 49.8 Å².